The summed E-state index contributed by atoms with van der Waals surface area (Å²) in [6.45, 7) is 10.7. The van der Waals surface area contributed by atoms with Crippen LogP contribution in [0.2, 0.25) is 0 Å². The lowest BCUT2D eigenvalue weighted by atomic mass is 9.90. The molecule has 0 aliphatic heterocycles. The van der Waals surface area contributed by atoms with Crippen molar-refractivity contribution < 1.29 is 0 Å². The summed E-state index contributed by atoms with van der Waals surface area (Å²) < 4.78 is 4.09. The summed E-state index contributed by atoms with van der Waals surface area (Å²) in [7, 11) is 1.97. The van der Waals surface area contributed by atoms with E-state index >= 15 is 0 Å². The number of nitrogens with one attached hydrogen (secondary N) is 1. The van der Waals surface area contributed by atoms with E-state index < -0.39 is 0 Å². The van der Waals surface area contributed by atoms with E-state index in [1.54, 1.807) is 0 Å². The van der Waals surface area contributed by atoms with Gasteiger partial charge in [-0.3, -0.25) is 0 Å². The Morgan fingerprint density at radius 2 is 2.00 bits per heavy atom. The highest BCUT2D eigenvalue weighted by Crippen LogP contribution is 2.31. The van der Waals surface area contributed by atoms with Gasteiger partial charge < -0.3 is 5.32 Å². The molecule has 1 atom stereocenters. The molecule has 0 spiro atoms. The second kappa shape index (κ2) is 5.06. The first kappa shape index (κ1) is 13.3. The number of hydrogen-bond acceptors (Lipinski definition) is 4. The summed E-state index contributed by atoms with van der Waals surface area (Å²) in [5, 5.41) is 7.57. The second-order valence-electron chi connectivity index (χ2n) is 5.25. The highest BCUT2D eigenvalue weighted by Gasteiger charge is 2.25. The van der Waals surface area contributed by atoms with Gasteiger partial charge in [0.15, 0.2) is 0 Å². The van der Waals surface area contributed by atoms with Gasteiger partial charge in [0.25, 0.3) is 0 Å². The highest BCUT2D eigenvalue weighted by molar-refractivity contribution is 7.05. The lowest BCUT2D eigenvalue weighted by molar-refractivity contribution is 0.551. The Bertz CT molecular complexity index is 370. The molecule has 1 rings (SSSR count). The Morgan fingerprint density at radius 3 is 2.44 bits per heavy atom. The first-order valence-electron chi connectivity index (χ1n) is 5.51. The molecule has 0 aliphatic rings. The molecular formula is C12H21N3S. The molecule has 4 heteroatoms. The van der Waals surface area contributed by atoms with Crippen LogP contribution in [0, 0.1) is 0 Å². The number of aromatic nitrogens is 2. The average Bonchev–Trinajstić information content (AvgIpc) is 2.61. The van der Waals surface area contributed by atoms with Crippen LogP contribution in [0.15, 0.2) is 11.6 Å². The van der Waals surface area contributed by atoms with Crippen molar-refractivity contribution in [1.82, 2.24) is 14.9 Å². The van der Waals surface area contributed by atoms with Gasteiger partial charge in [-0.1, -0.05) is 36.9 Å². The number of rotatable bonds is 3. The molecule has 1 aromatic rings. The SMILES string of the molecule is CNC(C=C(C)C)c1snnc1C(C)(C)C. The van der Waals surface area contributed by atoms with Crippen LogP contribution in [0.5, 0.6) is 0 Å². The van der Waals surface area contributed by atoms with Crippen molar-refractivity contribution >= 4 is 11.5 Å². The first-order valence-corrected chi connectivity index (χ1v) is 6.28. The van der Waals surface area contributed by atoms with Crippen LogP contribution >= 0.6 is 11.5 Å². The van der Waals surface area contributed by atoms with Gasteiger partial charge in [-0.15, -0.1) is 5.10 Å². The zero-order chi connectivity index (χ0) is 12.3. The Labute approximate surface area is 102 Å². The fourth-order valence-electron chi connectivity index (χ4n) is 1.54. The van der Waals surface area contributed by atoms with E-state index in [0.717, 1.165) is 5.69 Å². The van der Waals surface area contributed by atoms with E-state index in [9.17, 15) is 0 Å². The predicted octanol–water partition coefficient (Wildman–Crippen LogP) is 3.06. The fourth-order valence-corrected chi connectivity index (χ4v) is 2.49. The third-order valence-corrected chi connectivity index (χ3v) is 3.12. The number of nitrogens with zero attached hydrogens (tertiary/aromatic N) is 2. The molecule has 1 heterocycles. The van der Waals surface area contributed by atoms with Crippen molar-refractivity contribution in [1.29, 1.82) is 0 Å². The van der Waals surface area contributed by atoms with E-state index in [1.807, 2.05) is 7.05 Å². The van der Waals surface area contributed by atoms with Gasteiger partial charge >= 0.3 is 0 Å². The zero-order valence-corrected chi connectivity index (χ0v) is 11.8. The first-order chi connectivity index (χ1) is 7.36. The van der Waals surface area contributed by atoms with E-state index in [2.05, 4.69) is 55.6 Å². The molecule has 0 fully saturated rings. The molecule has 0 aliphatic carbocycles. The van der Waals surface area contributed by atoms with Crippen LogP contribution in [0.1, 0.15) is 51.2 Å². The summed E-state index contributed by atoms with van der Waals surface area (Å²) in [5.74, 6) is 0. The lowest BCUT2D eigenvalue weighted by Gasteiger charge is -2.20. The van der Waals surface area contributed by atoms with Crippen molar-refractivity contribution in [2.75, 3.05) is 7.05 Å². The molecule has 0 bridgehead atoms. The van der Waals surface area contributed by atoms with E-state index in [1.165, 1.54) is 22.0 Å². The van der Waals surface area contributed by atoms with Crippen LogP contribution in [0.3, 0.4) is 0 Å². The van der Waals surface area contributed by atoms with Gasteiger partial charge in [0.1, 0.15) is 0 Å². The van der Waals surface area contributed by atoms with Gasteiger partial charge in [-0.2, -0.15) is 0 Å². The van der Waals surface area contributed by atoms with Gasteiger partial charge in [-0.25, -0.2) is 0 Å². The molecule has 16 heavy (non-hydrogen) atoms. The van der Waals surface area contributed by atoms with E-state index in [0.29, 0.717) is 0 Å². The Morgan fingerprint density at radius 1 is 1.38 bits per heavy atom. The normalized spacial score (nSPS) is 13.6. The minimum absolute atomic E-state index is 0.0485. The quantitative estimate of drug-likeness (QED) is 0.824. The number of allylic oxidation sites excluding steroid dienone is 1. The molecule has 0 amide bonds. The zero-order valence-electron chi connectivity index (χ0n) is 11.0. The number of likely N-dealkylation sites (N-methyl/N-ethyl adjacent to an activating group) is 1. The van der Waals surface area contributed by atoms with Crippen molar-refractivity contribution in [3.8, 4) is 0 Å². The molecule has 3 nitrogen and oxygen atoms in total. The standard InChI is InChI=1S/C12H21N3S/c1-8(2)7-9(13-6)10-11(12(3,4)5)14-15-16-10/h7,9,13H,1-6H3. The van der Waals surface area contributed by atoms with Crippen molar-refractivity contribution in [2.24, 2.45) is 0 Å². The topological polar surface area (TPSA) is 37.8 Å². The number of hydrogen-bond donors (Lipinski definition) is 1. The minimum Gasteiger partial charge on any atom is -0.309 e. The monoisotopic (exact) mass is 239 g/mol. The molecule has 0 saturated heterocycles. The molecule has 1 aromatic heterocycles. The van der Waals surface area contributed by atoms with Crippen LogP contribution in [-0.4, -0.2) is 16.6 Å². The maximum absolute atomic E-state index is 4.26. The Kier molecular flexibility index (Phi) is 4.21. The van der Waals surface area contributed by atoms with Crippen LogP contribution < -0.4 is 5.32 Å². The summed E-state index contributed by atoms with van der Waals surface area (Å²) in [4.78, 5) is 1.22. The average molecular weight is 239 g/mol. The summed E-state index contributed by atoms with van der Waals surface area (Å²) in [5.41, 5.74) is 2.44. The van der Waals surface area contributed by atoms with Crippen LogP contribution in [0.25, 0.3) is 0 Å². The Hall–Kier alpha value is -0.740. The lowest BCUT2D eigenvalue weighted by Crippen LogP contribution is -2.20. The molecule has 0 saturated carbocycles. The molecular weight excluding hydrogens is 218 g/mol. The third-order valence-electron chi connectivity index (χ3n) is 2.32. The molecule has 0 radical (unpaired) electrons. The van der Waals surface area contributed by atoms with Gasteiger partial charge in [-0.05, 0) is 32.4 Å². The summed E-state index contributed by atoms with van der Waals surface area (Å²) in [6.07, 6.45) is 2.21. The summed E-state index contributed by atoms with van der Waals surface area (Å²) >= 11 is 1.48. The molecule has 0 aromatic carbocycles. The van der Waals surface area contributed by atoms with E-state index in [4.69, 9.17) is 0 Å². The minimum atomic E-state index is 0.0485. The third kappa shape index (κ3) is 3.12. The molecule has 1 N–H and O–H groups in total. The van der Waals surface area contributed by atoms with Crippen molar-refractivity contribution in [2.45, 2.75) is 46.1 Å². The van der Waals surface area contributed by atoms with E-state index in [-0.39, 0.29) is 11.5 Å². The van der Waals surface area contributed by atoms with Crippen molar-refractivity contribution in [3.05, 3.63) is 22.2 Å². The largest absolute Gasteiger partial charge is 0.309 e. The van der Waals surface area contributed by atoms with Crippen LogP contribution in [0.4, 0.5) is 0 Å². The van der Waals surface area contributed by atoms with Crippen LogP contribution in [-0.2, 0) is 5.41 Å². The predicted molar refractivity (Wildman–Crippen MR) is 69.8 cm³/mol. The fraction of sp³-hybridized carbons (Fsp3) is 0.667. The summed E-state index contributed by atoms with van der Waals surface area (Å²) in [6, 6.07) is 0.222. The maximum atomic E-state index is 4.26. The highest BCUT2D eigenvalue weighted by atomic mass is 32.1. The van der Waals surface area contributed by atoms with Gasteiger partial charge in [0.05, 0.1) is 16.6 Å². The molecule has 1 unspecified atom stereocenters. The molecule has 90 valence electrons. The van der Waals surface area contributed by atoms with Gasteiger partial charge in [0, 0.05) is 5.41 Å². The van der Waals surface area contributed by atoms with Gasteiger partial charge in [0.2, 0.25) is 0 Å². The maximum Gasteiger partial charge on any atom is 0.0860 e. The van der Waals surface area contributed by atoms with Crippen molar-refractivity contribution in [3.63, 3.8) is 0 Å². The second-order valence-corrected chi connectivity index (χ2v) is 6.03. The smallest absolute Gasteiger partial charge is 0.0860 e. The Balaban J connectivity index is 3.12.